The summed E-state index contributed by atoms with van der Waals surface area (Å²) < 4.78 is 164. The molecule has 0 aliphatic carbocycles. The molecule has 0 nitrogen and oxygen atoms in total. The van der Waals surface area contributed by atoms with Crippen LogP contribution in [0.4, 0.5) is 65.9 Å². The Kier molecular flexibility index (Phi) is 6.33. The zero-order valence-corrected chi connectivity index (χ0v) is 8.75. The van der Waals surface area contributed by atoms with E-state index in [0.29, 0.717) is 0 Å². The fraction of sp³-hybridized carbons (Fsp3) is 1.00. The minimum absolute atomic E-state index is 4.74. The third-order valence-corrected chi connectivity index (χ3v) is 1.29. The van der Waals surface area contributed by atoms with Gasteiger partial charge in [0.15, 0.2) is 0 Å². The van der Waals surface area contributed by atoms with Crippen LogP contribution in [-0.2, 0) is 0 Å². The van der Waals surface area contributed by atoms with Crippen LogP contribution in [0.3, 0.4) is 0 Å². The predicted molar refractivity (Wildman–Crippen MR) is 34.1 cm³/mol. The number of hydrogen-bond acceptors (Lipinski definition) is 0. The highest BCUT2D eigenvalue weighted by atomic mass is 19.5. The van der Waals surface area contributed by atoms with Crippen LogP contribution < -0.4 is 0 Å². The second-order valence-electron chi connectivity index (χ2n) is 3.02. The first kappa shape index (κ1) is 22.2. The molecule has 21 heavy (non-hydrogen) atoms. The SMILES string of the molecule is FC(C(F)(F)F)C(F)(F)F.FC(F)(F)C(F)(F)C(F)(F)F. The van der Waals surface area contributed by atoms with Crippen LogP contribution in [0, 0.1) is 0 Å². The second kappa shape index (κ2) is 5.98. The minimum Gasteiger partial charge on any atom is -0.227 e. The van der Waals surface area contributed by atoms with E-state index in [4.69, 9.17) is 0 Å². The van der Waals surface area contributed by atoms with Gasteiger partial charge in [0.2, 0.25) is 0 Å². The highest BCUT2D eigenvalue weighted by Crippen LogP contribution is 2.46. The molecule has 0 heterocycles. The molecule has 0 N–H and O–H groups in total. The van der Waals surface area contributed by atoms with Crippen molar-refractivity contribution in [3.8, 4) is 0 Å². The monoisotopic (exact) mass is 358 g/mol. The summed E-state index contributed by atoms with van der Waals surface area (Å²) in [7, 11) is 0. The van der Waals surface area contributed by atoms with Crippen molar-refractivity contribution < 1.29 is 65.9 Å². The highest BCUT2D eigenvalue weighted by Gasteiger charge is 2.74. The number of rotatable bonds is 0. The lowest BCUT2D eigenvalue weighted by Gasteiger charge is -2.21. The molecule has 0 fully saturated rings. The van der Waals surface area contributed by atoms with Gasteiger partial charge < -0.3 is 0 Å². The fourth-order valence-electron chi connectivity index (χ4n) is 0.346. The standard InChI is InChI=1S/C3F8.C3HF7/c4-1(5,2(6,7)8)3(9,10)11;4-1(2(5,6)7)3(8,9)10/h;1H. The van der Waals surface area contributed by atoms with Gasteiger partial charge in [-0.1, -0.05) is 0 Å². The van der Waals surface area contributed by atoms with Crippen molar-refractivity contribution in [1.29, 1.82) is 0 Å². The third kappa shape index (κ3) is 6.50. The Morgan fingerprint density at radius 2 is 0.619 bits per heavy atom. The Labute approximate surface area is 104 Å². The molecule has 0 aliphatic heterocycles. The molecule has 0 aliphatic rings. The number of halogens is 15. The molecule has 0 unspecified atom stereocenters. The molecular formula is C6HF15. The first-order chi connectivity index (χ1) is 8.65. The van der Waals surface area contributed by atoms with E-state index < -0.39 is 36.8 Å². The maximum absolute atomic E-state index is 11.2. The molecule has 0 amide bonds. The average Bonchev–Trinajstić information content (AvgIpc) is 2.11. The number of hydrogen-bond donors (Lipinski definition) is 0. The molecule has 0 aromatic rings. The molecule has 0 saturated heterocycles. The smallest absolute Gasteiger partial charge is 0.227 e. The van der Waals surface area contributed by atoms with E-state index in [1.54, 1.807) is 0 Å². The molecule has 0 saturated carbocycles. The van der Waals surface area contributed by atoms with Crippen LogP contribution in [0.15, 0.2) is 0 Å². The van der Waals surface area contributed by atoms with E-state index in [9.17, 15) is 65.9 Å². The second-order valence-corrected chi connectivity index (χ2v) is 3.02. The van der Waals surface area contributed by atoms with Gasteiger partial charge in [0.05, 0.1) is 0 Å². The summed E-state index contributed by atoms with van der Waals surface area (Å²) in [5.41, 5.74) is 0. The fourth-order valence-corrected chi connectivity index (χ4v) is 0.346. The lowest BCUT2D eigenvalue weighted by molar-refractivity contribution is -0.389. The molecule has 0 rings (SSSR count). The first-order valence-corrected chi connectivity index (χ1v) is 3.94. The maximum atomic E-state index is 11.2. The lowest BCUT2D eigenvalue weighted by atomic mass is 10.3. The van der Waals surface area contributed by atoms with Gasteiger partial charge in [-0.3, -0.25) is 0 Å². The molecular weight excluding hydrogens is 357 g/mol. The van der Waals surface area contributed by atoms with Crippen molar-refractivity contribution in [2.24, 2.45) is 0 Å². The Morgan fingerprint density at radius 1 is 0.429 bits per heavy atom. The molecule has 15 heteroatoms. The van der Waals surface area contributed by atoms with E-state index in [-0.39, 0.29) is 0 Å². The zero-order valence-electron chi connectivity index (χ0n) is 8.75. The Hall–Kier alpha value is -1.05. The zero-order chi connectivity index (χ0) is 18.1. The van der Waals surface area contributed by atoms with Crippen molar-refractivity contribution in [1.82, 2.24) is 0 Å². The quantitative estimate of drug-likeness (QED) is 0.523. The summed E-state index contributed by atoms with van der Waals surface area (Å²) in [5.74, 6) is -6.62. The van der Waals surface area contributed by atoms with Crippen LogP contribution in [-0.4, -0.2) is 36.8 Å². The van der Waals surface area contributed by atoms with E-state index >= 15 is 0 Å². The molecule has 0 atom stereocenters. The first-order valence-electron chi connectivity index (χ1n) is 3.94. The predicted octanol–water partition coefficient (Wildman–Crippen LogP) is 5.20. The topological polar surface area (TPSA) is 0 Å². The maximum Gasteiger partial charge on any atom is 0.463 e. The summed E-state index contributed by atoms with van der Waals surface area (Å²) in [6.45, 7) is 0. The lowest BCUT2D eigenvalue weighted by Crippen LogP contribution is -2.49. The van der Waals surface area contributed by atoms with Gasteiger partial charge in [0, 0.05) is 0 Å². The largest absolute Gasteiger partial charge is 0.463 e. The van der Waals surface area contributed by atoms with Crippen molar-refractivity contribution >= 4 is 0 Å². The van der Waals surface area contributed by atoms with Gasteiger partial charge in [-0.2, -0.15) is 61.5 Å². The van der Waals surface area contributed by atoms with Crippen LogP contribution in [0.2, 0.25) is 0 Å². The van der Waals surface area contributed by atoms with Gasteiger partial charge in [0.25, 0.3) is 6.17 Å². The van der Waals surface area contributed by atoms with Crippen molar-refractivity contribution in [3.05, 3.63) is 0 Å². The average molecular weight is 358 g/mol. The van der Waals surface area contributed by atoms with E-state index in [1.165, 1.54) is 0 Å². The van der Waals surface area contributed by atoms with E-state index in [0.717, 1.165) is 0 Å². The van der Waals surface area contributed by atoms with Crippen molar-refractivity contribution in [2.45, 2.75) is 36.8 Å². The van der Waals surface area contributed by atoms with Crippen molar-refractivity contribution in [3.63, 3.8) is 0 Å². The van der Waals surface area contributed by atoms with E-state index in [2.05, 4.69) is 0 Å². The molecule has 0 aromatic carbocycles. The molecule has 0 spiro atoms. The summed E-state index contributed by atoms with van der Waals surface area (Å²) in [5, 5.41) is 0. The van der Waals surface area contributed by atoms with E-state index in [1.807, 2.05) is 0 Å². The number of alkyl halides is 15. The molecule has 130 valence electrons. The normalized spacial score (nSPS) is 14.9. The summed E-state index contributed by atoms with van der Waals surface area (Å²) in [4.78, 5) is 0. The minimum atomic E-state index is -6.62. The van der Waals surface area contributed by atoms with Crippen LogP contribution in [0.25, 0.3) is 0 Å². The summed E-state index contributed by atoms with van der Waals surface area (Å²) in [6.07, 6.45) is -29.6. The summed E-state index contributed by atoms with van der Waals surface area (Å²) in [6, 6.07) is 0. The Balaban J connectivity index is 0. The molecule has 0 radical (unpaired) electrons. The Morgan fingerprint density at radius 3 is 0.619 bits per heavy atom. The third-order valence-electron chi connectivity index (χ3n) is 1.29. The van der Waals surface area contributed by atoms with Gasteiger partial charge in [-0.15, -0.1) is 0 Å². The molecule has 0 bridgehead atoms. The summed E-state index contributed by atoms with van der Waals surface area (Å²) >= 11 is 0. The van der Waals surface area contributed by atoms with Gasteiger partial charge >= 0.3 is 30.6 Å². The van der Waals surface area contributed by atoms with Gasteiger partial charge in [0.1, 0.15) is 0 Å². The van der Waals surface area contributed by atoms with Crippen LogP contribution in [0.1, 0.15) is 0 Å². The van der Waals surface area contributed by atoms with Crippen LogP contribution in [0.5, 0.6) is 0 Å². The highest BCUT2D eigenvalue weighted by molar-refractivity contribution is 4.83. The van der Waals surface area contributed by atoms with Gasteiger partial charge in [-0.25, -0.2) is 4.39 Å². The molecule has 0 aromatic heterocycles. The van der Waals surface area contributed by atoms with Crippen molar-refractivity contribution in [2.75, 3.05) is 0 Å². The Bertz CT molecular complexity index is 279. The van der Waals surface area contributed by atoms with Gasteiger partial charge in [-0.05, 0) is 0 Å². The van der Waals surface area contributed by atoms with Crippen LogP contribution >= 0.6 is 0 Å².